The monoisotopic (exact) mass is 186 g/mol. The Hall–Kier alpha value is -1.29. The van der Waals surface area contributed by atoms with Gasteiger partial charge in [-0.1, -0.05) is 11.6 Å². The molecule has 0 saturated heterocycles. The lowest BCUT2D eigenvalue weighted by Crippen LogP contribution is -2.04. The second-order valence-electron chi connectivity index (χ2n) is 2.28. The molecule has 0 spiro atoms. The highest BCUT2D eigenvalue weighted by Gasteiger charge is 2.05. The summed E-state index contributed by atoms with van der Waals surface area (Å²) in [5.41, 5.74) is 6.32. The van der Waals surface area contributed by atoms with Crippen molar-refractivity contribution in [2.24, 2.45) is 0 Å². The van der Waals surface area contributed by atoms with Crippen LogP contribution in [0, 0.1) is 0 Å². The van der Waals surface area contributed by atoms with Crippen molar-refractivity contribution in [3.05, 3.63) is 23.0 Å². The summed E-state index contributed by atoms with van der Waals surface area (Å²) < 4.78 is 0. The zero-order valence-corrected chi connectivity index (χ0v) is 6.88. The van der Waals surface area contributed by atoms with E-state index in [9.17, 15) is 4.79 Å². The minimum Gasteiger partial charge on any atom is -0.481 e. The Morgan fingerprint density at radius 2 is 2.42 bits per heavy atom. The van der Waals surface area contributed by atoms with Gasteiger partial charge in [0, 0.05) is 17.4 Å². The smallest absolute Gasteiger partial charge is 0.307 e. The molecule has 0 radical (unpaired) electrons. The number of carboxylic acid groups (broad SMARTS) is 1. The third-order valence-corrected chi connectivity index (χ3v) is 1.54. The number of nitrogens with two attached hydrogens (primary N) is 1. The quantitative estimate of drug-likeness (QED) is 0.674. The first-order chi connectivity index (χ1) is 5.59. The van der Waals surface area contributed by atoms with Gasteiger partial charge in [0.1, 0.15) is 5.15 Å². The molecule has 0 aliphatic carbocycles. The van der Waals surface area contributed by atoms with Gasteiger partial charge in [-0.05, 0) is 6.07 Å². The third kappa shape index (κ3) is 2.10. The second-order valence-corrected chi connectivity index (χ2v) is 2.66. The van der Waals surface area contributed by atoms with Gasteiger partial charge in [-0.3, -0.25) is 4.79 Å². The molecule has 1 aromatic heterocycles. The van der Waals surface area contributed by atoms with Crippen molar-refractivity contribution in [1.82, 2.24) is 4.98 Å². The second kappa shape index (κ2) is 3.40. The van der Waals surface area contributed by atoms with Gasteiger partial charge in [0.25, 0.3) is 0 Å². The molecule has 1 aromatic rings. The number of nitrogens with zero attached hydrogens (tertiary/aromatic N) is 1. The number of rotatable bonds is 2. The fourth-order valence-corrected chi connectivity index (χ4v) is 0.949. The number of aromatic nitrogens is 1. The molecule has 5 heteroatoms. The number of anilines is 1. The Balaban J connectivity index is 2.93. The summed E-state index contributed by atoms with van der Waals surface area (Å²) in [6.07, 6.45) is 1.24. The summed E-state index contributed by atoms with van der Waals surface area (Å²) in [6.45, 7) is 0. The molecule has 0 amide bonds. The zero-order chi connectivity index (χ0) is 9.14. The van der Waals surface area contributed by atoms with Crippen LogP contribution in [0.1, 0.15) is 5.56 Å². The van der Waals surface area contributed by atoms with Crippen LogP contribution < -0.4 is 5.73 Å². The third-order valence-electron chi connectivity index (χ3n) is 1.33. The predicted molar refractivity (Wildman–Crippen MR) is 45.0 cm³/mol. The molecule has 1 heterocycles. The Kier molecular flexibility index (Phi) is 2.50. The van der Waals surface area contributed by atoms with Crippen LogP contribution >= 0.6 is 11.6 Å². The standard InChI is InChI=1S/C7H7ClN2O2/c8-6-2-5(9)4(3-10-6)1-7(11)12/h2-3H,1H2,(H2,9,10)(H,11,12). The van der Waals surface area contributed by atoms with Gasteiger partial charge in [0.05, 0.1) is 6.42 Å². The van der Waals surface area contributed by atoms with E-state index >= 15 is 0 Å². The topological polar surface area (TPSA) is 76.2 Å². The molecule has 0 saturated carbocycles. The van der Waals surface area contributed by atoms with E-state index in [1.54, 1.807) is 0 Å². The van der Waals surface area contributed by atoms with Gasteiger partial charge in [-0.2, -0.15) is 0 Å². The summed E-state index contributed by atoms with van der Waals surface area (Å²) in [7, 11) is 0. The minimum absolute atomic E-state index is 0.129. The molecule has 0 aromatic carbocycles. The molecule has 64 valence electrons. The largest absolute Gasteiger partial charge is 0.481 e. The molecular weight excluding hydrogens is 180 g/mol. The average molecular weight is 187 g/mol. The highest BCUT2D eigenvalue weighted by molar-refractivity contribution is 6.29. The van der Waals surface area contributed by atoms with Crippen LogP contribution in [0.2, 0.25) is 5.15 Å². The number of nitrogen functional groups attached to an aromatic ring is 1. The van der Waals surface area contributed by atoms with E-state index in [4.69, 9.17) is 22.4 Å². The van der Waals surface area contributed by atoms with Gasteiger partial charge in [0.15, 0.2) is 0 Å². The fraction of sp³-hybridized carbons (Fsp3) is 0.143. The number of hydrogen-bond acceptors (Lipinski definition) is 3. The van der Waals surface area contributed by atoms with Gasteiger partial charge in [-0.25, -0.2) is 4.98 Å². The maximum atomic E-state index is 10.3. The predicted octanol–water partition coefficient (Wildman–Crippen LogP) is 0.944. The van der Waals surface area contributed by atoms with Gasteiger partial charge in [-0.15, -0.1) is 0 Å². The van der Waals surface area contributed by atoms with Crippen LogP contribution in [-0.4, -0.2) is 16.1 Å². The molecule has 0 unspecified atom stereocenters. The van der Waals surface area contributed by atoms with E-state index in [-0.39, 0.29) is 11.6 Å². The average Bonchev–Trinajstić information content (AvgIpc) is 1.94. The van der Waals surface area contributed by atoms with Gasteiger partial charge >= 0.3 is 5.97 Å². The molecule has 0 fully saturated rings. The first kappa shape index (κ1) is 8.80. The van der Waals surface area contributed by atoms with Gasteiger partial charge in [0.2, 0.25) is 0 Å². The number of pyridine rings is 1. The Morgan fingerprint density at radius 1 is 1.75 bits per heavy atom. The van der Waals surface area contributed by atoms with E-state index in [2.05, 4.69) is 4.98 Å². The lowest BCUT2D eigenvalue weighted by Gasteiger charge is -2.01. The van der Waals surface area contributed by atoms with E-state index in [1.807, 2.05) is 0 Å². The van der Waals surface area contributed by atoms with Crippen molar-refractivity contribution in [3.8, 4) is 0 Å². The summed E-state index contributed by atoms with van der Waals surface area (Å²) >= 11 is 5.51. The van der Waals surface area contributed by atoms with Gasteiger partial charge < -0.3 is 10.8 Å². The molecule has 0 bridgehead atoms. The summed E-state index contributed by atoms with van der Waals surface area (Å²) in [5.74, 6) is -0.939. The molecule has 1 rings (SSSR count). The Labute approximate surface area is 74.0 Å². The van der Waals surface area contributed by atoms with Crippen molar-refractivity contribution >= 4 is 23.3 Å². The highest BCUT2D eigenvalue weighted by atomic mass is 35.5. The number of hydrogen-bond donors (Lipinski definition) is 2. The molecule has 3 N–H and O–H groups in total. The van der Waals surface area contributed by atoms with E-state index in [1.165, 1.54) is 12.3 Å². The van der Waals surface area contributed by atoms with Crippen LogP contribution in [0.3, 0.4) is 0 Å². The van der Waals surface area contributed by atoms with Crippen molar-refractivity contribution in [2.45, 2.75) is 6.42 Å². The first-order valence-corrected chi connectivity index (χ1v) is 3.59. The molecule has 0 aliphatic rings. The summed E-state index contributed by atoms with van der Waals surface area (Å²) in [5, 5.41) is 8.71. The van der Waals surface area contributed by atoms with Crippen LogP contribution in [0.25, 0.3) is 0 Å². The Bertz CT molecular complexity index is 314. The minimum atomic E-state index is -0.939. The van der Waals surface area contributed by atoms with Crippen LogP contribution in [0.5, 0.6) is 0 Å². The van der Waals surface area contributed by atoms with Crippen LogP contribution in [-0.2, 0) is 11.2 Å². The van der Waals surface area contributed by atoms with Crippen molar-refractivity contribution < 1.29 is 9.90 Å². The van der Waals surface area contributed by atoms with E-state index < -0.39 is 5.97 Å². The van der Waals surface area contributed by atoms with Crippen molar-refractivity contribution in [2.75, 3.05) is 5.73 Å². The van der Waals surface area contributed by atoms with Crippen molar-refractivity contribution in [3.63, 3.8) is 0 Å². The normalized spacial score (nSPS) is 9.75. The molecular formula is C7H7ClN2O2. The maximum absolute atomic E-state index is 10.3. The summed E-state index contributed by atoms with van der Waals surface area (Å²) in [6, 6.07) is 1.43. The lowest BCUT2D eigenvalue weighted by molar-refractivity contribution is -0.136. The van der Waals surface area contributed by atoms with E-state index in [0.717, 1.165) is 0 Å². The van der Waals surface area contributed by atoms with Crippen LogP contribution in [0.15, 0.2) is 12.3 Å². The zero-order valence-electron chi connectivity index (χ0n) is 6.12. The maximum Gasteiger partial charge on any atom is 0.307 e. The summed E-state index contributed by atoms with van der Waals surface area (Å²) in [4.78, 5) is 14.0. The molecule has 0 atom stereocenters. The fourth-order valence-electron chi connectivity index (χ4n) is 0.783. The highest BCUT2D eigenvalue weighted by Crippen LogP contribution is 2.15. The number of carboxylic acids is 1. The number of halogens is 1. The number of carbonyl (C=O) groups is 1. The van der Waals surface area contributed by atoms with Crippen LogP contribution in [0.4, 0.5) is 5.69 Å². The number of aliphatic carboxylic acids is 1. The Morgan fingerprint density at radius 3 is 2.92 bits per heavy atom. The SMILES string of the molecule is Nc1cc(Cl)ncc1CC(=O)O. The molecule has 4 nitrogen and oxygen atoms in total. The first-order valence-electron chi connectivity index (χ1n) is 3.21. The molecule has 12 heavy (non-hydrogen) atoms. The van der Waals surface area contributed by atoms with E-state index in [0.29, 0.717) is 11.3 Å². The van der Waals surface area contributed by atoms with Crippen molar-refractivity contribution in [1.29, 1.82) is 0 Å². The molecule has 0 aliphatic heterocycles. The lowest BCUT2D eigenvalue weighted by atomic mass is 10.2.